The Morgan fingerprint density at radius 2 is 1.78 bits per heavy atom. The highest BCUT2D eigenvalue weighted by molar-refractivity contribution is 5.43. The van der Waals surface area contributed by atoms with Gasteiger partial charge >= 0.3 is 0 Å². The first-order chi connectivity index (χ1) is 8.74. The highest BCUT2D eigenvalue weighted by Crippen LogP contribution is 2.35. The SMILES string of the molecule is Cc1cc(N(C2CC2)C2CCN(C)CC2)ncn1. The molecule has 1 aliphatic carbocycles. The highest BCUT2D eigenvalue weighted by Gasteiger charge is 2.36. The number of hydrogen-bond acceptors (Lipinski definition) is 4. The van der Waals surface area contributed by atoms with E-state index in [0.717, 1.165) is 17.6 Å². The summed E-state index contributed by atoms with van der Waals surface area (Å²) in [7, 11) is 2.21. The Labute approximate surface area is 109 Å². The van der Waals surface area contributed by atoms with Crippen molar-refractivity contribution in [3.05, 3.63) is 18.1 Å². The molecule has 2 fully saturated rings. The number of anilines is 1. The molecule has 1 saturated carbocycles. The molecule has 98 valence electrons. The van der Waals surface area contributed by atoms with Crippen molar-refractivity contribution in [2.75, 3.05) is 25.0 Å². The minimum atomic E-state index is 0.669. The van der Waals surface area contributed by atoms with E-state index in [2.05, 4.69) is 32.9 Å². The van der Waals surface area contributed by atoms with Crippen molar-refractivity contribution in [3.8, 4) is 0 Å². The summed E-state index contributed by atoms with van der Waals surface area (Å²) in [6.45, 7) is 4.46. The van der Waals surface area contributed by atoms with Gasteiger partial charge in [-0.1, -0.05) is 0 Å². The smallest absolute Gasteiger partial charge is 0.132 e. The number of likely N-dealkylation sites (tertiary alicyclic amines) is 1. The van der Waals surface area contributed by atoms with Gasteiger partial charge in [0, 0.05) is 23.8 Å². The molecule has 4 nitrogen and oxygen atoms in total. The van der Waals surface area contributed by atoms with Crippen molar-refractivity contribution in [2.24, 2.45) is 0 Å². The number of piperidine rings is 1. The molecule has 1 aromatic rings. The van der Waals surface area contributed by atoms with Gasteiger partial charge in [-0.25, -0.2) is 9.97 Å². The molecular formula is C14H22N4. The molecule has 1 saturated heterocycles. The normalized spacial score (nSPS) is 22.1. The lowest BCUT2D eigenvalue weighted by molar-refractivity contribution is 0.248. The molecule has 0 radical (unpaired) electrons. The van der Waals surface area contributed by atoms with Crippen molar-refractivity contribution in [1.82, 2.24) is 14.9 Å². The molecular weight excluding hydrogens is 224 g/mol. The number of nitrogens with zero attached hydrogens (tertiary/aromatic N) is 4. The third-order valence-corrected chi connectivity index (χ3v) is 4.08. The van der Waals surface area contributed by atoms with Gasteiger partial charge < -0.3 is 9.80 Å². The standard InChI is InChI=1S/C14H22N4/c1-11-9-14(16-10-15-11)18(12-3-4-12)13-5-7-17(2)8-6-13/h9-10,12-13H,3-8H2,1-2H3. The van der Waals surface area contributed by atoms with Crippen LogP contribution < -0.4 is 4.90 Å². The Morgan fingerprint density at radius 1 is 1.11 bits per heavy atom. The second-order valence-corrected chi connectivity index (χ2v) is 5.69. The first-order valence-corrected chi connectivity index (χ1v) is 6.99. The average molecular weight is 246 g/mol. The Balaban J connectivity index is 1.80. The van der Waals surface area contributed by atoms with Crippen molar-refractivity contribution in [3.63, 3.8) is 0 Å². The van der Waals surface area contributed by atoms with Gasteiger partial charge in [-0.05, 0) is 52.7 Å². The average Bonchev–Trinajstić information content (AvgIpc) is 3.17. The summed E-state index contributed by atoms with van der Waals surface area (Å²) >= 11 is 0. The third kappa shape index (κ3) is 2.48. The van der Waals surface area contributed by atoms with Crippen molar-refractivity contribution in [2.45, 2.75) is 44.7 Å². The van der Waals surface area contributed by atoms with Gasteiger partial charge in [0.15, 0.2) is 0 Å². The summed E-state index contributed by atoms with van der Waals surface area (Å²) < 4.78 is 0. The molecule has 0 atom stereocenters. The molecule has 18 heavy (non-hydrogen) atoms. The van der Waals surface area contributed by atoms with Crippen LogP contribution in [0.2, 0.25) is 0 Å². The van der Waals surface area contributed by atoms with Crippen LogP contribution in [0.25, 0.3) is 0 Å². The maximum absolute atomic E-state index is 4.50. The van der Waals surface area contributed by atoms with Gasteiger partial charge in [-0.3, -0.25) is 0 Å². The third-order valence-electron chi connectivity index (χ3n) is 4.08. The summed E-state index contributed by atoms with van der Waals surface area (Å²) in [5.41, 5.74) is 1.07. The zero-order chi connectivity index (χ0) is 12.5. The van der Waals surface area contributed by atoms with E-state index in [0.29, 0.717) is 6.04 Å². The van der Waals surface area contributed by atoms with Crippen LogP contribution in [0.4, 0.5) is 5.82 Å². The second kappa shape index (κ2) is 4.84. The number of aryl methyl sites for hydroxylation is 1. The summed E-state index contributed by atoms with van der Waals surface area (Å²) in [4.78, 5) is 13.7. The van der Waals surface area contributed by atoms with E-state index in [1.807, 2.05) is 6.92 Å². The largest absolute Gasteiger partial charge is 0.350 e. The monoisotopic (exact) mass is 246 g/mol. The second-order valence-electron chi connectivity index (χ2n) is 5.69. The van der Waals surface area contributed by atoms with Gasteiger partial charge in [0.2, 0.25) is 0 Å². The van der Waals surface area contributed by atoms with Crippen LogP contribution in [0.1, 0.15) is 31.4 Å². The molecule has 4 heteroatoms. The van der Waals surface area contributed by atoms with E-state index in [4.69, 9.17) is 0 Å². The Kier molecular flexibility index (Phi) is 3.20. The Hall–Kier alpha value is -1.16. The lowest BCUT2D eigenvalue weighted by Crippen LogP contribution is -2.45. The Morgan fingerprint density at radius 3 is 2.39 bits per heavy atom. The van der Waals surface area contributed by atoms with Crippen LogP contribution in [-0.4, -0.2) is 47.1 Å². The van der Waals surface area contributed by atoms with Crippen molar-refractivity contribution >= 4 is 5.82 Å². The maximum atomic E-state index is 4.50. The van der Waals surface area contributed by atoms with Gasteiger partial charge in [0.25, 0.3) is 0 Å². The van der Waals surface area contributed by atoms with Crippen molar-refractivity contribution < 1.29 is 0 Å². The minimum Gasteiger partial charge on any atom is -0.350 e. The predicted molar refractivity (Wildman–Crippen MR) is 72.8 cm³/mol. The van der Waals surface area contributed by atoms with E-state index in [-0.39, 0.29) is 0 Å². The lowest BCUT2D eigenvalue weighted by Gasteiger charge is -2.38. The minimum absolute atomic E-state index is 0.669. The van der Waals surface area contributed by atoms with E-state index in [1.54, 1.807) is 6.33 Å². The molecule has 0 bridgehead atoms. The molecule has 0 amide bonds. The van der Waals surface area contributed by atoms with Gasteiger partial charge in [0.1, 0.15) is 12.1 Å². The maximum Gasteiger partial charge on any atom is 0.132 e. The fraction of sp³-hybridized carbons (Fsp3) is 0.714. The van der Waals surface area contributed by atoms with E-state index < -0.39 is 0 Å². The van der Waals surface area contributed by atoms with Crippen LogP contribution in [-0.2, 0) is 0 Å². The van der Waals surface area contributed by atoms with Gasteiger partial charge in [-0.2, -0.15) is 0 Å². The Bertz CT molecular complexity index is 408. The fourth-order valence-corrected chi connectivity index (χ4v) is 2.88. The van der Waals surface area contributed by atoms with Crippen molar-refractivity contribution in [1.29, 1.82) is 0 Å². The predicted octanol–water partition coefficient (Wildman–Crippen LogP) is 1.85. The number of rotatable bonds is 3. The molecule has 0 N–H and O–H groups in total. The molecule has 0 spiro atoms. The quantitative estimate of drug-likeness (QED) is 0.814. The van der Waals surface area contributed by atoms with Gasteiger partial charge in [0.05, 0.1) is 0 Å². The molecule has 2 heterocycles. The molecule has 0 aromatic carbocycles. The van der Waals surface area contributed by atoms with Crippen LogP contribution in [0.5, 0.6) is 0 Å². The number of hydrogen-bond donors (Lipinski definition) is 0. The first kappa shape index (κ1) is 11.9. The summed E-state index contributed by atoms with van der Waals surface area (Å²) in [6.07, 6.45) is 6.88. The zero-order valence-electron chi connectivity index (χ0n) is 11.3. The highest BCUT2D eigenvalue weighted by atomic mass is 15.3. The van der Waals surface area contributed by atoms with Crippen LogP contribution >= 0.6 is 0 Å². The zero-order valence-corrected chi connectivity index (χ0v) is 11.3. The molecule has 3 rings (SSSR count). The first-order valence-electron chi connectivity index (χ1n) is 6.99. The lowest BCUT2D eigenvalue weighted by atomic mass is 10.0. The van der Waals surface area contributed by atoms with E-state index in [9.17, 15) is 0 Å². The molecule has 1 aliphatic heterocycles. The number of aromatic nitrogens is 2. The molecule has 0 unspecified atom stereocenters. The summed E-state index contributed by atoms with van der Waals surface area (Å²) in [5, 5.41) is 0. The van der Waals surface area contributed by atoms with Crippen LogP contribution in [0.15, 0.2) is 12.4 Å². The summed E-state index contributed by atoms with van der Waals surface area (Å²) in [5.74, 6) is 1.14. The summed E-state index contributed by atoms with van der Waals surface area (Å²) in [6, 6.07) is 3.53. The molecule has 1 aromatic heterocycles. The van der Waals surface area contributed by atoms with Crippen LogP contribution in [0.3, 0.4) is 0 Å². The van der Waals surface area contributed by atoms with Crippen LogP contribution in [0, 0.1) is 6.92 Å². The molecule has 2 aliphatic rings. The van der Waals surface area contributed by atoms with E-state index in [1.165, 1.54) is 38.8 Å². The van der Waals surface area contributed by atoms with E-state index >= 15 is 0 Å². The van der Waals surface area contributed by atoms with Gasteiger partial charge in [-0.15, -0.1) is 0 Å². The fourth-order valence-electron chi connectivity index (χ4n) is 2.88. The topological polar surface area (TPSA) is 32.3 Å².